The van der Waals surface area contributed by atoms with E-state index in [1.807, 2.05) is 24.6 Å². The number of thiazole rings is 1. The van der Waals surface area contributed by atoms with Crippen molar-refractivity contribution in [1.29, 1.82) is 0 Å². The molecule has 0 unspecified atom stereocenters. The second kappa shape index (κ2) is 10.7. The second-order valence-corrected chi connectivity index (χ2v) is 7.83. The number of nitrogens with zero attached hydrogens (tertiary/aromatic N) is 3. The molecule has 5 nitrogen and oxygen atoms in total. The number of piperidine rings is 1. The summed E-state index contributed by atoms with van der Waals surface area (Å²) in [5, 5.41) is 8.00. The van der Waals surface area contributed by atoms with Gasteiger partial charge in [0.15, 0.2) is 5.96 Å². The number of hydrogen-bond donors (Lipinski definition) is 2. The van der Waals surface area contributed by atoms with Crippen LogP contribution in [0.4, 0.5) is 0 Å². The molecule has 0 spiro atoms. The fraction of sp³-hybridized carbons (Fsp3) is 0.778. The lowest BCUT2D eigenvalue weighted by Crippen LogP contribution is -2.40. The van der Waals surface area contributed by atoms with Crippen LogP contribution in [0.1, 0.15) is 43.0 Å². The minimum Gasteiger partial charge on any atom is -0.356 e. The summed E-state index contributed by atoms with van der Waals surface area (Å²) in [5.41, 5.74) is 0. The van der Waals surface area contributed by atoms with Crippen LogP contribution in [0.15, 0.2) is 11.2 Å². The van der Waals surface area contributed by atoms with Gasteiger partial charge in [0.05, 0.1) is 5.01 Å². The van der Waals surface area contributed by atoms with Crippen LogP contribution in [0.5, 0.6) is 0 Å². The molecule has 0 radical (unpaired) electrons. The molecule has 1 fully saturated rings. The number of aryl methyl sites for hydroxylation is 1. The predicted molar refractivity (Wildman–Crippen MR) is 104 cm³/mol. The number of nitrogens with one attached hydrogen (secondary N) is 2. The largest absolute Gasteiger partial charge is 0.356 e. The molecule has 0 saturated carbocycles. The zero-order valence-electron chi connectivity index (χ0n) is 15.5. The molecule has 1 aliphatic heterocycles. The topological polar surface area (TPSA) is 52.6 Å². The van der Waals surface area contributed by atoms with Gasteiger partial charge < -0.3 is 15.5 Å². The molecular formula is C18H33N5S. The van der Waals surface area contributed by atoms with E-state index in [-0.39, 0.29) is 0 Å². The summed E-state index contributed by atoms with van der Waals surface area (Å²) in [6, 6.07) is 0. The summed E-state index contributed by atoms with van der Waals surface area (Å²) in [4.78, 5) is 12.7. The Balaban J connectivity index is 1.55. The highest BCUT2D eigenvalue weighted by molar-refractivity contribution is 7.11. The lowest BCUT2D eigenvalue weighted by molar-refractivity contribution is 0.191. The Morgan fingerprint density at radius 2 is 2.08 bits per heavy atom. The number of aromatic nitrogens is 1. The smallest absolute Gasteiger partial charge is 0.190 e. The molecule has 0 atom stereocenters. The van der Waals surface area contributed by atoms with Gasteiger partial charge in [0.25, 0.3) is 0 Å². The molecule has 2 rings (SSSR count). The van der Waals surface area contributed by atoms with Crippen molar-refractivity contribution >= 4 is 17.3 Å². The van der Waals surface area contributed by atoms with Gasteiger partial charge in [0.1, 0.15) is 0 Å². The summed E-state index contributed by atoms with van der Waals surface area (Å²) < 4.78 is 0. The van der Waals surface area contributed by atoms with Crippen LogP contribution in [0, 0.1) is 5.92 Å². The third kappa shape index (κ3) is 6.77. The maximum Gasteiger partial charge on any atom is 0.190 e. The molecule has 1 aromatic heterocycles. The van der Waals surface area contributed by atoms with E-state index in [9.17, 15) is 0 Å². The van der Waals surface area contributed by atoms with Crippen molar-refractivity contribution in [3.8, 4) is 0 Å². The van der Waals surface area contributed by atoms with Gasteiger partial charge in [-0.25, -0.2) is 4.98 Å². The number of aliphatic imine (C=N–C) groups is 1. The van der Waals surface area contributed by atoms with E-state index in [1.54, 1.807) is 0 Å². The van der Waals surface area contributed by atoms with Crippen LogP contribution in [0.2, 0.25) is 0 Å². The number of likely N-dealkylation sites (tertiary alicyclic amines) is 1. The summed E-state index contributed by atoms with van der Waals surface area (Å²) in [5.74, 6) is 1.81. The molecule has 6 heteroatoms. The fourth-order valence-corrected chi connectivity index (χ4v) is 3.79. The summed E-state index contributed by atoms with van der Waals surface area (Å²) >= 11 is 1.81. The van der Waals surface area contributed by atoms with Crippen molar-refractivity contribution in [1.82, 2.24) is 20.5 Å². The molecule has 2 heterocycles. The zero-order chi connectivity index (χ0) is 17.2. The third-order valence-electron chi connectivity index (χ3n) is 4.62. The number of rotatable bonds is 8. The average molecular weight is 352 g/mol. The minimum absolute atomic E-state index is 0.875. The number of guanidine groups is 1. The van der Waals surface area contributed by atoms with Crippen LogP contribution in [0.25, 0.3) is 0 Å². The van der Waals surface area contributed by atoms with Crippen molar-refractivity contribution in [2.45, 2.75) is 46.0 Å². The lowest BCUT2D eigenvalue weighted by atomic mass is 9.99. The zero-order valence-corrected chi connectivity index (χ0v) is 16.3. The molecule has 1 saturated heterocycles. The molecular weight excluding hydrogens is 318 g/mol. The second-order valence-electron chi connectivity index (χ2n) is 6.63. The van der Waals surface area contributed by atoms with Crippen molar-refractivity contribution in [3.05, 3.63) is 16.1 Å². The third-order valence-corrected chi connectivity index (χ3v) is 5.83. The maximum absolute atomic E-state index is 4.45. The van der Waals surface area contributed by atoms with Gasteiger partial charge >= 0.3 is 0 Å². The SMILES string of the molecule is CCc1cnc(CCNC(=NC)NCCCN2CCC(C)CC2)s1. The van der Waals surface area contributed by atoms with Crippen LogP contribution < -0.4 is 10.6 Å². The Bertz CT molecular complexity index is 491. The van der Waals surface area contributed by atoms with E-state index in [0.717, 1.165) is 37.8 Å². The summed E-state index contributed by atoms with van der Waals surface area (Å²) in [6.45, 7) is 10.1. The highest BCUT2D eigenvalue weighted by atomic mass is 32.1. The first-order chi connectivity index (χ1) is 11.7. The average Bonchev–Trinajstić information content (AvgIpc) is 3.06. The van der Waals surface area contributed by atoms with E-state index in [0.29, 0.717) is 0 Å². The van der Waals surface area contributed by atoms with E-state index in [2.05, 4.69) is 39.4 Å². The Hall–Kier alpha value is -1.14. The fourth-order valence-electron chi connectivity index (χ4n) is 2.93. The van der Waals surface area contributed by atoms with Gasteiger partial charge in [-0.05, 0) is 51.2 Å². The van der Waals surface area contributed by atoms with Crippen molar-refractivity contribution < 1.29 is 0 Å². The molecule has 1 aliphatic rings. The minimum atomic E-state index is 0.875. The van der Waals surface area contributed by atoms with Crippen LogP contribution in [-0.4, -0.2) is 55.6 Å². The van der Waals surface area contributed by atoms with Crippen molar-refractivity contribution in [2.24, 2.45) is 10.9 Å². The first kappa shape index (κ1) is 19.2. The maximum atomic E-state index is 4.45. The van der Waals surface area contributed by atoms with Crippen LogP contribution in [-0.2, 0) is 12.8 Å². The highest BCUT2D eigenvalue weighted by Gasteiger charge is 2.14. The first-order valence-corrected chi connectivity index (χ1v) is 10.1. The molecule has 136 valence electrons. The Morgan fingerprint density at radius 1 is 1.33 bits per heavy atom. The normalized spacial score (nSPS) is 17.2. The Morgan fingerprint density at radius 3 is 2.75 bits per heavy atom. The molecule has 1 aromatic rings. The van der Waals surface area contributed by atoms with Crippen LogP contribution in [0.3, 0.4) is 0 Å². The van der Waals surface area contributed by atoms with Gasteiger partial charge in [0.2, 0.25) is 0 Å². The molecule has 0 amide bonds. The van der Waals surface area contributed by atoms with E-state index < -0.39 is 0 Å². The lowest BCUT2D eigenvalue weighted by Gasteiger charge is -2.30. The molecule has 0 aromatic carbocycles. The Kier molecular flexibility index (Phi) is 8.53. The predicted octanol–water partition coefficient (Wildman–Crippen LogP) is 2.54. The molecule has 2 N–H and O–H groups in total. The van der Waals surface area contributed by atoms with Gasteiger partial charge in [0, 0.05) is 37.6 Å². The number of hydrogen-bond acceptors (Lipinski definition) is 4. The molecule has 0 aliphatic carbocycles. The van der Waals surface area contributed by atoms with Gasteiger partial charge in [-0.2, -0.15) is 0 Å². The monoisotopic (exact) mass is 351 g/mol. The first-order valence-electron chi connectivity index (χ1n) is 9.31. The van der Waals surface area contributed by atoms with Crippen molar-refractivity contribution in [3.63, 3.8) is 0 Å². The quantitative estimate of drug-likeness (QED) is 0.429. The van der Waals surface area contributed by atoms with Crippen LogP contribution >= 0.6 is 11.3 Å². The Labute approximate surface area is 151 Å². The standard InChI is InChI=1S/C18H33N5S/c1-4-16-14-22-17(24-16)6-10-21-18(19-3)20-9-5-11-23-12-7-15(2)8-13-23/h14-15H,4-13H2,1-3H3,(H2,19,20,21). The van der Waals surface area contributed by atoms with E-state index >= 15 is 0 Å². The van der Waals surface area contributed by atoms with Gasteiger partial charge in [-0.1, -0.05) is 13.8 Å². The van der Waals surface area contributed by atoms with Crippen molar-refractivity contribution in [2.75, 3.05) is 39.8 Å². The summed E-state index contributed by atoms with van der Waals surface area (Å²) in [6.07, 6.45) is 7.90. The molecule has 0 bridgehead atoms. The summed E-state index contributed by atoms with van der Waals surface area (Å²) in [7, 11) is 1.83. The van der Waals surface area contributed by atoms with E-state index in [4.69, 9.17) is 0 Å². The molecule has 24 heavy (non-hydrogen) atoms. The van der Waals surface area contributed by atoms with E-state index in [1.165, 1.54) is 48.8 Å². The van der Waals surface area contributed by atoms with Gasteiger partial charge in [-0.15, -0.1) is 11.3 Å². The van der Waals surface area contributed by atoms with Gasteiger partial charge in [-0.3, -0.25) is 4.99 Å². The highest BCUT2D eigenvalue weighted by Crippen LogP contribution is 2.15.